The Morgan fingerprint density at radius 3 is 2.94 bits per heavy atom. The van der Waals surface area contributed by atoms with Gasteiger partial charge in [0.15, 0.2) is 0 Å². The van der Waals surface area contributed by atoms with Crippen molar-refractivity contribution in [3.05, 3.63) is 28.2 Å². The number of hydrogen-bond acceptors (Lipinski definition) is 2. The Bertz CT molecular complexity index is 431. The molecule has 1 N–H and O–H groups in total. The van der Waals surface area contributed by atoms with E-state index in [1.807, 2.05) is 0 Å². The Hall–Kier alpha value is -0.770. The first-order chi connectivity index (χ1) is 8.65. The maximum absolute atomic E-state index is 11.9. The van der Waals surface area contributed by atoms with E-state index in [0.717, 1.165) is 25.9 Å². The second-order valence-electron chi connectivity index (χ2n) is 4.37. The van der Waals surface area contributed by atoms with E-state index in [9.17, 15) is 4.79 Å². The zero-order valence-corrected chi connectivity index (χ0v) is 11.4. The minimum absolute atomic E-state index is 0.0247. The molecule has 0 radical (unpaired) electrons. The second-order valence-corrected chi connectivity index (χ2v) is 5.21. The van der Waals surface area contributed by atoms with Crippen molar-refractivity contribution in [2.24, 2.45) is 0 Å². The SMILES string of the molecule is O=C(CC1CCCCO1)Nc1cc(Cl)ccc1Cl. The minimum Gasteiger partial charge on any atom is -0.378 e. The van der Waals surface area contributed by atoms with E-state index in [4.69, 9.17) is 27.9 Å². The lowest BCUT2D eigenvalue weighted by atomic mass is 10.1. The highest BCUT2D eigenvalue weighted by molar-refractivity contribution is 6.35. The van der Waals surface area contributed by atoms with Gasteiger partial charge in [-0.15, -0.1) is 0 Å². The molecule has 1 saturated heterocycles. The first-order valence-electron chi connectivity index (χ1n) is 6.01. The predicted octanol–water partition coefficient (Wildman–Crippen LogP) is 3.89. The van der Waals surface area contributed by atoms with E-state index in [-0.39, 0.29) is 12.0 Å². The lowest BCUT2D eigenvalue weighted by Gasteiger charge is -2.22. The van der Waals surface area contributed by atoms with Crippen LogP contribution in [0.25, 0.3) is 0 Å². The third-order valence-corrected chi connectivity index (χ3v) is 3.45. The zero-order valence-electron chi connectivity index (χ0n) is 9.92. The van der Waals surface area contributed by atoms with Crippen LogP contribution in [0.3, 0.4) is 0 Å². The normalized spacial score (nSPS) is 19.6. The minimum atomic E-state index is -0.0916. The molecule has 1 unspecified atom stereocenters. The van der Waals surface area contributed by atoms with E-state index in [0.29, 0.717) is 22.2 Å². The highest BCUT2D eigenvalue weighted by atomic mass is 35.5. The molecule has 2 rings (SSSR count). The van der Waals surface area contributed by atoms with E-state index >= 15 is 0 Å². The van der Waals surface area contributed by atoms with Crippen LogP contribution in [0.5, 0.6) is 0 Å². The number of carbonyl (C=O) groups excluding carboxylic acids is 1. The van der Waals surface area contributed by atoms with Gasteiger partial charge in [-0.1, -0.05) is 23.2 Å². The molecule has 0 saturated carbocycles. The average Bonchev–Trinajstić information content (AvgIpc) is 2.35. The highest BCUT2D eigenvalue weighted by Gasteiger charge is 2.18. The Morgan fingerprint density at radius 1 is 1.39 bits per heavy atom. The van der Waals surface area contributed by atoms with E-state index in [1.54, 1.807) is 18.2 Å². The van der Waals surface area contributed by atoms with Crippen LogP contribution in [0.1, 0.15) is 25.7 Å². The molecular formula is C13H15Cl2NO2. The van der Waals surface area contributed by atoms with Gasteiger partial charge in [0.25, 0.3) is 0 Å². The van der Waals surface area contributed by atoms with Crippen molar-refractivity contribution in [3.63, 3.8) is 0 Å². The lowest BCUT2D eigenvalue weighted by molar-refractivity contribution is -0.119. The van der Waals surface area contributed by atoms with Crippen molar-refractivity contribution in [3.8, 4) is 0 Å². The molecule has 0 aliphatic carbocycles. The molecule has 1 heterocycles. The lowest BCUT2D eigenvalue weighted by Crippen LogP contribution is -2.25. The molecule has 98 valence electrons. The van der Waals surface area contributed by atoms with Gasteiger partial charge in [-0.2, -0.15) is 0 Å². The van der Waals surface area contributed by atoms with Gasteiger partial charge in [0.2, 0.25) is 5.91 Å². The third kappa shape index (κ3) is 3.87. The number of amides is 1. The van der Waals surface area contributed by atoms with Crippen LogP contribution in [-0.2, 0) is 9.53 Å². The maximum atomic E-state index is 11.9. The average molecular weight is 288 g/mol. The van der Waals surface area contributed by atoms with Gasteiger partial charge in [0, 0.05) is 11.6 Å². The summed E-state index contributed by atoms with van der Waals surface area (Å²) in [5, 5.41) is 3.79. The molecule has 1 aliphatic rings. The summed E-state index contributed by atoms with van der Waals surface area (Å²) in [6, 6.07) is 4.99. The van der Waals surface area contributed by atoms with Crippen LogP contribution in [0.2, 0.25) is 10.0 Å². The van der Waals surface area contributed by atoms with Crippen molar-refractivity contribution in [1.29, 1.82) is 0 Å². The van der Waals surface area contributed by atoms with Crippen LogP contribution < -0.4 is 5.32 Å². The molecule has 1 aliphatic heterocycles. The predicted molar refractivity (Wildman–Crippen MR) is 73.3 cm³/mol. The molecule has 18 heavy (non-hydrogen) atoms. The maximum Gasteiger partial charge on any atom is 0.227 e. The van der Waals surface area contributed by atoms with Crippen LogP contribution in [-0.4, -0.2) is 18.6 Å². The molecule has 0 bridgehead atoms. The summed E-state index contributed by atoms with van der Waals surface area (Å²) in [6.07, 6.45) is 3.53. The number of halogens is 2. The summed E-state index contributed by atoms with van der Waals surface area (Å²) in [6.45, 7) is 0.746. The fourth-order valence-corrected chi connectivity index (χ4v) is 2.31. The summed E-state index contributed by atoms with van der Waals surface area (Å²) >= 11 is 11.8. The van der Waals surface area contributed by atoms with Crippen LogP contribution in [0.4, 0.5) is 5.69 Å². The molecule has 5 heteroatoms. The first-order valence-corrected chi connectivity index (χ1v) is 6.77. The van der Waals surface area contributed by atoms with Gasteiger partial charge in [-0.05, 0) is 37.5 Å². The quantitative estimate of drug-likeness (QED) is 0.916. The summed E-state index contributed by atoms with van der Waals surface area (Å²) in [4.78, 5) is 11.9. The molecule has 1 atom stereocenters. The number of hydrogen-bond donors (Lipinski definition) is 1. The van der Waals surface area contributed by atoms with Crippen LogP contribution in [0, 0.1) is 0 Å². The Labute approximate surface area is 116 Å². The smallest absolute Gasteiger partial charge is 0.227 e. The van der Waals surface area contributed by atoms with Gasteiger partial charge < -0.3 is 10.1 Å². The van der Waals surface area contributed by atoms with Gasteiger partial charge in [0.1, 0.15) is 0 Å². The summed E-state index contributed by atoms with van der Waals surface area (Å²) < 4.78 is 5.52. The van der Waals surface area contributed by atoms with E-state index in [1.165, 1.54) is 0 Å². The number of anilines is 1. The van der Waals surface area contributed by atoms with Gasteiger partial charge in [-0.3, -0.25) is 4.79 Å². The van der Waals surface area contributed by atoms with Gasteiger partial charge in [-0.25, -0.2) is 0 Å². The molecule has 1 fully saturated rings. The largest absolute Gasteiger partial charge is 0.378 e. The monoisotopic (exact) mass is 287 g/mol. The summed E-state index contributed by atoms with van der Waals surface area (Å²) in [5.41, 5.74) is 0.546. The Morgan fingerprint density at radius 2 is 2.22 bits per heavy atom. The fourth-order valence-electron chi connectivity index (χ4n) is 1.97. The summed E-state index contributed by atoms with van der Waals surface area (Å²) in [7, 11) is 0. The first kappa shape index (κ1) is 13.7. The van der Waals surface area contributed by atoms with Gasteiger partial charge in [0.05, 0.1) is 23.2 Å². The number of benzene rings is 1. The van der Waals surface area contributed by atoms with Crippen LogP contribution >= 0.6 is 23.2 Å². The second kappa shape index (κ2) is 6.41. The molecule has 3 nitrogen and oxygen atoms in total. The molecule has 1 aromatic carbocycles. The van der Waals surface area contributed by atoms with Crippen molar-refractivity contribution in [1.82, 2.24) is 0 Å². The third-order valence-electron chi connectivity index (χ3n) is 2.89. The fraction of sp³-hybridized carbons (Fsp3) is 0.462. The number of ether oxygens (including phenoxy) is 1. The number of rotatable bonds is 3. The number of carbonyl (C=O) groups is 1. The molecular weight excluding hydrogens is 273 g/mol. The summed E-state index contributed by atoms with van der Waals surface area (Å²) in [5.74, 6) is -0.0916. The Kier molecular flexibility index (Phi) is 4.87. The number of nitrogens with one attached hydrogen (secondary N) is 1. The van der Waals surface area contributed by atoms with Crippen molar-refractivity contribution in [2.75, 3.05) is 11.9 Å². The van der Waals surface area contributed by atoms with Crippen molar-refractivity contribution < 1.29 is 9.53 Å². The van der Waals surface area contributed by atoms with Crippen molar-refractivity contribution in [2.45, 2.75) is 31.8 Å². The molecule has 1 amide bonds. The van der Waals surface area contributed by atoms with Gasteiger partial charge >= 0.3 is 0 Å². The van der Waals surface area contributed by atoms with E-state index < -0.39 is 0 Å². The molecule has 0 aromatic heterocycles. The Balaban J connectivity index is 1.92. The highest BCUT2D eigenvalue weighted by Crippen LogP contribution is 2.26. The van der Waals surface area contributed by atoms with Crippen molar-refractivity contribution >= 4 is 34.8 Å². The standard InChI is InChI=1S/C13H15Cl2NO2/c14-9-4-5-11(15)12(7-9)16-13(17)8-10-3-1-2-6-18-10/h4-5,7,10H,1-3,6,8H2,(H,16,17). The molecule has 1 aromatic rings. The zero-order chi connectivity index (χ0) is 13.0. The van der Waals surface area contributed by atoms with E-state index in [2.05, 4.69) is 5.32 Å². The molecule has 0 spiro atoms. The topological polar surface area (TPSA) is 38.3 Å². The van der Waals surface area contributed by atoms with Crippen LogP contribution in [0.15, 0.2) is 18.2 Å².